The number of carboxylic acids is 1. The van der Waals surface area contributed by atoms with E-state index >= 15 is 0 Å². The van der Waals surface area contributed by atoms with E-state index in [2.05, 4.69) is 15.5 Å². The third-order valence-corrected chi connectivity index (χ3v) is 4.15. The molecule has 0 bridgehead atoms. The number of aryl methyl sites for hydroxylation is 1. The number of hydrogen-bond donors (Lipinski definition) is 2. The molecule has 11 nitrogen and oxygen atoms in total. The molecule has 0 atom stereocenters. The number of aromatic amines is 1. The van der Waals surface area contributed by atoms with Crippen molar-refractivity contribution in [3.63, 3.8) is 0 Å². The Morgan fingerprint density at radius 3 is 2.54 bits per heavy atom. The first kappa shape index (κ1) is 18.8. The summed E-state index contributed by atoms with van der Waals surface area (Å²) >= 11 is 0. The number of hydrogen-bond acceptors (Lipinski definition) is 6. The van der Waals surface area contributed by atoms with Gasteiger partial charge in [0.1, 0.15) is 0 Å². The molecule has 144 valence electrons. The molecule has 3 rings (SSSR count). The van der Waals surface area contributed by atoms with Gasteiger partial charge in [-0.2, -0.15) is 5.10 Å². The number of H-pyrrole nitrogens is 1. The van der Waals surface area contributed by atoms with Crippen LogP contribution in [0.4, 0.5) is 0 Å². The van der Waals surface area contributed by atoms with Crippen LogP contribution in [0.5, 0.6) is 0 Å². The van der Waals surface area contributed by atoms with Gasteiger partial charge in [-0.15, -0.1) is 0 Å². The van der Waals surface area contributed by atoms with Gasteiger partial charge < -0.3 is 9.90 Å². The van der Waals surface area contributed by atoms with Crippen LogP contribution in [0.3, 0.4) is 0 Å². The largest absolute Gasteiger partial charge is 0.545 e. The normalized spacial score (nSPS) is 11.2. The molecule has 1 amide bonds. The highest BCUT2D eigenvalue weighted by atomic mass is 16.4. The molecule has 2 aromatic heterocycles. The van der Waals surface area contributed by atoms with Crippen molar-refractivity contribution in [2.75, 3.05) is 0 Å². The fraction of sp³-hybridized carbons (Fsp3) is 0.176. The molecule has 2 heterocycles. The van der Waals surface area contributed by atoms with E-state index in [4.69, 9.17) is 0 Å². The van der Waals surface area contributed by atoms with E-state index in [9.17, 15) is 24.3 Å². The molecular weight excluding hydrogens is 368 g/mol. The lowest BCUT2D eigenvalue weighted by atomic mass is 10.1. The topological polar surface area (TPSA) is 145 Å². The summed E-state index contributed by atoms with van der Waals surface area (Å²) in [5.41, 5.74) is 2.41. The van der Waals surface area contributed by atoms with Crippen LogP contribution in [0.1, 0.15) is 15.9 Å². The summed E-state index contributed by atoms with van der Waals surface area (Å²) in [6, 6.07) is 5.75. The Morgan fingerprint density at radius 2 is 1.89 bits per heavy atom. The summed E-state index contributed by atoms with van der Waals surface area (Å²) in [4.78, 5) is 49.9. The lowest BCUT2D eigenvalue weighted by molar-refractivity contribution is -0.659. The quantitative estimate of drug-likeness (QED) is 0.281. The molecule has 0 saturated heterocycles. The van der Waals surface area contributed by atoms with Crippen molar-refractivity contribution in [2.45, 2.75) is 6.54 Å². The molecular formula is C17H16N6O5. The third kappa shape index (κ3) is 3.45. The van der Waals surface area contributed by atoms with E-state index in [0.29, 0.717) is 11.2 Å². The first-order chi connectivity index (χ1) is 13.3. The van der Waals surface area contributed by atoms with E-state index < -0.39 is 23.1 Å². The second-order valence-electron chi connectivity index (χ2n) is 6.01. The molecule has 28 heavy (non-hydrogen) atoms. The minimum absolute atomic E-state index is 0.0351. The average molecular weight is 384 g/mol. The summed E-state index contributed by atoms with van der Waals surface area (Å²) in [6.45, 7) is -0.200. The molecule has 0 aliphatic rings. The standard InChI is InChI=1S/C17H16N6O5/c1-21-14-13(15(25)22(2)17(21)28)23(9-18-14)8-12(24)20-19-7-10-3-5-11(6-4-10)16(26)27/h3-7,9H,8H2,1-2H3,(H2,20,24,26,27). The van der Waals surface area contributed by atoms with E-state index in [1.54, 1.807) is 0 Å². The number of rotatable bonds is 5. The van der Waals surface area contributed by atoms with Crippen LogP contribution < -0.4 is 26.3 Å². The van der Waals surface area contributed by atoms with Crippen molar-refractivity contribution in [1.29, 1.82) is 0 Å². The number of carboxylic acid groups (broad SMARTS) is 1. The molecule has 0 unspecified atom stereocenters. The number of aromatic carboxylic acids is 1. The summed E-state index contributed by atoms with van der Waals surface area (Å²) < 4.78 is 3.62. The molecule has 1 aromatic carbocycles. The number of carbonyl (C=O) groups is 2. The van der Waals surface area contributed by atoms with Crippen LogP contribution >= 0.6 is 0 Å². The number of imidazole rings is 1. The van der Waals surface area contributed by atoms with Gasteiger partial charge in [0.05, 0.1) is 12.2 Å². The maximum Gasteiger partial charge on any atom is 0.333 e. The minimum Gasteiger partial charge on any atom is -0.545 e. The molecule has 3 aromatic rings. The number of aromatic nitrogens is 4. The Kier molecular flexibility index (Phi) is 4.90. The van der Waals surface area contributed by atoms with E-state index in [0.717, 1.165) is 4.57 Å². The summed E-state index contributed by atoms with van der Waals surface area (Å²) in [5, 5.41) is 14.5. The van der Waals surface area contributed by atoms with Crippen molar-refractivity contribution in [2.24, 2.45) is 19.2 Å². The van der Waals surface area contributed by atoms with Crippen LogP contribution in [0.2, 0.25) is 0 Å². The van der Waals surface area contributed by atoms with Crippen molar-refractivity contribution in [3.8, 4) is 0 Å². The number of nitrogens with zero attached hydrogens (tertiary/aromatic N) is 4. The maximum absolute atomic E-state index is 12.3. The van der Waals surface area contributed by atoms with Gasteiger partial charge in [-0.3, -0.25) is 18.7 Å². The lowest BCUT2D eigenvalue weighted by Crippen LogP contribution is -2.46. The Balaban J connectivity index is 1.74. The molecule has 0 aliphatic heterocycles. The third-order valence-electron chi connectivity index (χ3n) is 4.15. The fourth-order valence-electron chi connectivity index (χ4n) is 2.65. The van der Waals surface area contributed by atoms with Crippen LogP contribution in [-0.4, -0.2) is 32.2 Å². The molecule has 0 fully saturated rings. The zero-order chi connectivity index (χ0) is 20.4. The van der Waals surface area contributed by atoms with Gasteiger partial charge in [-0.25, -0.2) is 19.8 Å². The number of carbonyl (C=O) groups excluding carboxylic acids is 2. The Hall–Kier alpha value is -4.02. The number of fused-ring (bicyclic) bond motifs is 1. The second kappa shape index (κ2) is 7.31. The summed E-state index contributed by atoms with van der Waals surface area (Å²) in [7, 11) is 2.87. The second-order valence-corrected chi connectivity index (χ2v) is 6.01. The Labute approximate surface area is 157 Å². The highest BCUT2D eigenvalue weighted by molar-refractivity contribution is 5.88. The predicted octanol–water partition coefficient (Wildman–Crippen LogP) is -2.63. The molecule has 0 radical (unpaired) electrons. The van der Waals surface area contributed by atoms with Crippen molar-refractivity contribution >= 4 is 29.3 Å². The number of nitrogens with one attached hydrogen (secondary N) is 2. The van der Waals surface area contributed by atoms with Gasteiger partial charge in [0, 0.05) is 14.1 Å². The summed E-state index contributed by atoms with van der Waals surface area (Å²) in [5.74, 6) is -1.78. The van der Waals surface area contributed by atoms with Gasteiger partial charge in [0.2, 0.25) is 6.33 Å². The van der Waals surface area contributed by atoms with E-state index in [1.807, 2.05) is 0 Å². The molecule has 0 saturated carbocycles. The van der Waals surface area contributed by atoms with E-state index in [-0.39, 0.29) is 17.6 Å². The van der Waals surface area contributed by atoms with Gasteiger partial charge in [0.25, 0.3) is 17.1 Å². The average Bonchev–Trinajstić information content (AvgIpc) is 3.08. The van der Waals surface area contributed by atoms with Crippen LogP contribution in [-0.2, 0) is 25.4 Å². The smallest absolute Gasteiger partial charge is 0.333 e. The van der Waals surface area contributed by atoms with Gasteiger partial charge in [-0.05, 0) is 11.1 Å². The zero-order valence-corrected chi connectivity index (χ0v) is 15.0. The van der Waals surface area contributed by atoms with Crippen LogP contribution in [0, 0.1) is 0 Å². The first-order valence-electron chi connectivity index (χ1n) is 8.09. The lowest BCUT2D eigenvalue weighted by Gasteiger charge is -2.02. The van der Waals surface area contributed by atoms with Crippen molar-refractivity contribution in [1.82, 2.24) is 19.5 Å². The van der Waals surface area contributed by atoms with Gasteiger partial charge in [0.15, 0.2) is 6.54 Å². The number of hydrazone groups is 1. The molecule has 0 aliphatic carbocycles. The minimum atomic E-state index is -1.28. The highest BCUT2D eigenvalue weighted by Gasteiger charge is 2.21. The zero-order valence-electron chi connectivity index (χ0n) is 15.0. The van der Waals surface area contributed by atoms with Gasteiger partial charge >= 0.3 is 11.2 Å². The molecule has 2 N–H and O–H groups in total. The molecule has 11 heteroatoms. The van der Waals surface area contributed by atoms with Crippen molar-refractivity contribution < 1.29 is 19.3 Å². The SMILES string of the molecule is Cn1c(=O)c2c([nH]c[n+]2CC(=O)NN=Cc2ccc(C(=O)[O-])cc2)n(C)c1=O. The van der Waals surface area contributed by atoms with Crippen LogP contribution in [0.15, 0.2) is 45.3 Å². The highest BCUT2D eigenvalue weighted by Crippen LogP contribution is 2.01. The Morgan fingerprint density at radius 1 is 1.21 bits per heavy atom. The first-order valence-corrected chi connectivity index (χ1v) is 8.09. The summed E-state index contributed by atoms with van der Waals surface area (Å²) in [6.07, 6.45) is 2.77. The van der Waals surface area contributed by atoms with Gasteiger partial charge in [-0.1, -0.05) is 24.3 Å². The molecule has 0 spiro atoms. The fourth-order valence-corrected chi connectivity index (χ4v) is 2.65. The van der Waals surface area contributed by atoms with E-state index in [1.165, 1.54) is 60.0 Å². The van der Waals surface area contributed by atoms with Crippen molar-refractivity contribution in [3.05, 3.63) is 62.6 Å². The predicted molar refractivity (Wildman–Crippen MR) is 95.5 cm³/mol. The number of benzene rings is 1. The monoisotopic (exact) mass is 384 g/mol. The number of amides is 1. The Bertz CT molecular complexity index is 1220. The maximum atomic E-state index is 12.3. The van der Waals surface area contributed by atoms with Crippen LogP contribution in [0.25, 0.3) is 11.2 Å².